The number of amides is 3. The van der Waals surface area contributed by atoms with Crippen LogP contribution in [0.3, 0.4) is 0 Å². The largest absolute Gasteiger partial charge is 0.493 e. The highest BCUT2D eigenvalue weighted by Gasteiger charge is 2.20. The number of benzene rings is 2. The van der Waals surface area contributed by atoms with Crippen molar-refractivity contribution in [3.63, 3.8) is 0 Å². The smallest absolute Gasteiger partial charge is 0.255 e. The number of rotatable bonds is 3. The maximum atomic E-state index is 13.2. The zero-order valence-electron chi connectivity index (χ0n) is 22.9. The highest BCUT2D eigenvalue weighted by Crippen LogP contribution is 2.21. The highest BCUT2D eigenvalue weighted by molar-refractivity contribution is 6.30. The van der Waals surface area contributed by atoms with Gasteiger partial charge < -0.3 is 20.3 Å². The van der Waals surface area contributed by atoms with Crippen LogP contribution < -0.4 is 15.4 Å². The molecule has 40 heavy (non-hydrogen) atoms. The van der Waals surface area contributed by atoms with Crippen molar-refractivity contribution in [2.45, 2.75) is 58.7 Å². The number of aryl methyl sites for hydroxylation is 3. The van der Waals surface area contributed by atoms with E-state index in [2.05, 4.69) is 20.9 Å². The second-order valence-corrected chi connectivity index (χ2v) is 10.4. The normalized spacial score (nSPS) is 17.4. The molecule has 3 amide bonds. The van der Waals surface area contributed by atoms with E-state index in [9.17, 15) is 14.4 Å². The van der Waals surface area contributed by atoms with E-state index in [4.69, 9.17) is 16.3 Å². The van der Waals surface area contributed by atoms with Gasteiger partial charge in [0, 0.05) is 37.5 Å². The zero-order valence-corrected chi connectivity index (χ0v) is 23.6. The first-order valence-corrected chi connectivity index (χ1v) is 13.9. The molecule has 2 N–H and O–H groups in total. The summed E-state index contributed by atoms with van der Waals surface area (Å²) in [5, 5.41) is 14.7. The van der Waals surface area contributed by atoms with E-state index in [1.54, 1.807) is 22.6 Å². The molecule has 0 radical (unpaired) electrons. The van der Waals surface area contributed by atoms with Crippen LogP contribution in [0.4, 0.5) is 0 Å². The van der Waals surface area contributed by atoms with Crippen LogP contribution in [0.5, 0.6) is 5.75 Å². The molecule has 1 aliphatic rings. The molecule has 4 rings (SSSR count). The quantitative estimate of drug-likeness (QED) is 0.502. The molecule has 2 bridgehead atoms. The third kappa shape index (κ3) is 8.29. The number of hydrogen-bond donors (Lipinski definition) is 2. The fourth-order valence-corrected chi connectivity index (χ4v) is 4.51. The summed E-state index contributed by atoms with van der Waals surface area (Å²) in [6.45, 7) is 5.61. The molecule has 0 spiro atoms. The van der Waals surface area contributed by atoms with Crippen LogP contribution in [-0.2, 0) is 29.1 Å². The van der Waals surface area contributed by atoms with Crippen LogP contribution >= 0.6 is 11.6 Å². The average Bonchev–Trinajstić information content (AvgIpc) is 3.38. The van der Waals surface area contributed by atoms with Crippen LogP contribution in [0.15, 0.2) is 48.7 Å². The fraction of sp³-hybridized carbons (Fsp3) is 0.414. The monoisotopic (exact) mass is 566 g/mol. The summed E-state index contributed by atoms with van der Waals surface area (Å²) >= 11 is 5.98. The number of carbonyl (C=O) groups excluding carboxylic acids is 3. The minimum atomic E-state index is -0.741. The van der Waals surface area contributed by atoms with Gasteiger partial charge in [-0.1, -0.05) is 35.0 Å². The van der Waals surface area contributed by atoms with Gasteiger partial charge in [0.2, 0.25) is 11.8 Å². The minimum absolute atomic E-state index is 0.0104. The van der Waals surface area contributed by atoms with Gasteiger partial charge in [-0.2, -0.15) is 0 Å². The molecule has 1 aliphatic heterocycles. The molecular weight excluding hydrogens is 532 g/mol. The first kappa shape index (κ1) is 29.1. The van der Waals surface area contributed by atoms with E-state index >= 15 is 0 Å². The van der Waals surface area contributed by atoms with Crippen LogP contribution in [0.25, 0.3) is 0 Å². The van der Waals surface area contributed by atoms with Crippen LogP contribution in [0.2, 0.25) is 5.02 Å². The predicted octanol–water partition coefficient (Wildman–Crippen LogP) is 3.31. The summed E-state index contributed by atoms with van der Waals surface area (Å²) in [5.41, 5.74) is 3.05. The van der Waals surface area contributed by atoms with Crippen molar-refractivity contribution in [2.24, 2.45) is 0 Å². The van der Waals surface area contributed by atoms with Gasteiger partial charge in [-0.15, -0.1) is 5.10 Å². The van der Waals surface area contributed by atoms with Crippen LogP contribution in [0.1, 0.15) is 53.4 Å². The molecular formula is C29H35ClN6O4. The third-order valence-electron chi connectivity index (χ3n) is 6.65. The Morgan fingerprint density at radius 2 is 1.93 bits per heavy atom. The number of fused-ring (bicyclic) bond motifs is 3. The van der Waals surface area contributed by atoms with Gasteiger partial charge in [-0.05, 0) is 62.1 Å². The summed E-state index contributed by atoms with van der Waals surface area (Å²) in [6, 6.07) is 12.1. The Kier molecular flexibility index (Phi) is 10.1. The van der Waals surface area contributed by atoms with Gasteiger partial charge in [-0.25, -0.2) is 0 Å². The second kappa shape index (κ2) is 13.9. The molecule has 0 saturated carbocycles. The maximum Gasteiger partial charge on any atom is 0.255 e. The predicted molar refractivity (Wildman–Crippen MR) is 151 cm³/mol. The van der Waals surface area contributed by atoms with E-state index in [1.807, 2.05) is 49.5 Å². The van der Waals surface area contributed by atoms with E-state index < -0.39 is 6.04 Å². The Hall–Kier alpha value is -3.92. The summed E-state index contributed by atoms with van der Waals surface area (Å²) in [7, 11) is 0. The minimum Gasteiger partial charge on any atom is -0.493 e. The molecule has 2 heterocycles. The number of halogens is 1. The molecule has 0 aliphatic carbocycles. The first-order chi connectivity index (χ1) is 19.3. The highest BCUT2D eigenvalue weighted by atomic mass is 35.5. The molecule has 10 nitrogen and oxygen atoms in total. The average molecular weight is 567 g/mol. The molecule has 0 saturated heterocycles. The molecule has 1 atom stereocenters. The second-order valence-electron chi connectivity index (χ2n) is 9.96. The summed E-state index contributed by atoms with van der Waals surface area (Å²) in [6.07, 6.45) is 3.95. The molecule has 3 aromatic rings. The van der Waals surface area contributed by atoms with Gasteiger partial charge in [0.05, 0.1) is 24.9 Å². The molecule has 212 valence electrons. The van der Waals surface area contributed by atoms with Gasteiger partial charge in [0.25, 0.3) is 5.91 Å². The standard InChI is InChI=1S/C29H35ClN6O4/c1-20-5-11-25-26(17-20)40-16-4-15-36-19-24(33-34-36)18-35(14-3-13-31-28(38)21(2)32-29(25)39)27(37)12-8-22-6-9-23(30)10-7-22/h5-7,9-11,17,19,21H,3-4,8,12-16,18H2,1-2H3,(H,31,38)(H,32,39)/t21-/m1/s1. The molecule has 2 aromatic carbocycles. The van der Waals surface area contributed by atoms with Crippen LogP contribution in [-0.4, -0.2) is 63.4 Å². The number of carbonyl (C=O) groups is 3. The van der Waals surface area contributed by atoms with Crippen LogP contribution in [0, 0.1) is 6.92 Å². The number of nitrogens with zero attached hydrogens (tertiary/aromatic N) is 4. The lowest BCUT2D eigenvalue weighted by atomic mass is 10.1. The van der Waals surface area contributed by atoms with Gasteiger partial charge in [-0.3, -0.25) is 19.1 Å². The summed E-state index contributed by atoms with van der Waals surface area (Å²) < 4.78 is 7.68. The van der Waals surface area contributed by atoms with Gasteiger partial charge >= 0.3 is 0 Å². The molecule has 0 fully saturated rings. The Labute approximate surface area is 239 Å². The number of ether oxygens (including phenoxy) is 1. The van der Waals surface area contributed by atoms with Crippen molar-refractivity contribution in [1.82, 2.24) is 30.5 Å². The number of nitrogens with one attached hydrogen (secondary N) is 2. The Morgan fingerprint density at radius 1 is 1.12 bits per heavy atom. The SMILES string of the molecule is Cc1ccc2c(c1)OCCCn1cc(nn1)CN(C(=O)CCc1ccc(Cl)cc1)CCCNC(=O)[C@@H](C)NC2=O. The summed E-state index contributed by atoms with van der Waals surface area (Å²) in [5.74, 6) is -0.225. The lowest BCUT2D eigenvalue weighted by Gasteiger charge is -2.22. The van der Waals surface area contributed by atoms with E-state index in [0.717, 1.165) is 11.1 Å². The van der Waals surface area contributed by atoms with E-state index in [1.165, 1.54) is 0 Å². The number of hydrogen-bond acceptors (Lipinski definition) is 6. The lowest BCUT2D eigenvalue weighted by molar-refractivity contribution is -0.131. The molecule has 11 heteroatoms. The fourth-order valence-electron chi connectivity index (χ4n) is 4.39. The van der Waals surface area contributed by atoms with Crippen molar-refractivity contribution in [1.29, 1.82) is 0 Å². The van der Waals surface area contributed by atoms with Gasteiger partial charge in [0.1, 0.15) is 17.5 Å². The Bertz CT molecular complexity index is 1330. The third-order valence-corrected chi connectivity index (χ3v) is 6.90. The topological polar surface area (TPSA) is 118 Å². The Balaban J connectivity index is 1.45. The van der Waals surface area contributed by atoms with Crippen molar-refractivity contribution in [3.8, 4) is 5.75 Å². The summed E-state index contributed by atoms with van der Waals surface area (Å²) in [4.78, 5) is 40.6. The molecule has 0 unspecified atom stereocenters. The zero-order chi connectivity index (χ0) is 28.5. The maximum absolute atomic E-state index is 13.2. The molecule has 1 aromatic heterocycles. The van der Waals surface area contributed by atoms with Crippen molar-refractivity contribution >= 4 is 29.3 Å². The van der Waals surface area contributed by atoms with E-state index in [0.29, 0.717) is 80.5 Å². The van der Waals surface area contributed by atoms with Crippen molar-refractivity contribution in [3.05, 3.63) is 76.1 Å². The first-order valence-electron chi connectivity index (χ1n) is 13.5. The van der Waals surface area contributed by atoms with E-state index in [-0.39, 0.29) is 17.7 Å². The Morgan fingerprint density at radius 3 is 2.73 bits per heavy atom. The lowest BCUT2D eigenvalue weighted by Crippen LogP contribution is -2.45. The van der Waals surface area contributed by atoms with Crippen molar-refractivity contribution in [2.75, 3.05) is 19.7 Å². The van der Waals surface area contributed by atoms with Crippen molar-refractivity contribution < 1.29 is 19.1 Å². The van der Waals surface area contributed by atoms with Gasteiger partial charge in [0.15, 0.2) is 0 Å². The number of aromatic nitrogens is 3.